The highest BCUT2D eigenvalue weighted by molar-refractivity contribution is 7.89. The van der Waals surface area contributed by atoms with Crippen LogP contribution in [0.3, 0.4) is 0 Å². The van der Waals surface area contributed by atoms with Crippen molar-refractivity contribution in [2.45, 2.75) is 30.4 Å². The Kier molecular flexibility index (Phi) is 5.97. The lowest BCUT2D eigenvalue weighted by Crippen LogP contribution is -2.39. The van der Waals surface area contributed by atoms with Crippen LogP contribution in [0, 0.1) is 0 Å². The molecule has 35 heavy (non-hydrogen) atoms. The van der Waals surface area contributed by atoms with Crippen molar-refractivity contribution in [1.29, 1.82) is 0 Å². The summed E-state index contributed by atoms with van der Waals surface area (Å²) in [6, 6.07) is 15.4. The van der Waals surface area contributed by atoms with Gasteiger partial charge in [0.15, 0.2) is 0 Å². The molecule has 1 unspecified atom stereocenters. The molecule has 1 aliphatic rings. The van der Waals surface area contributed by atoms with Gasteiger partial charge in [-0.3, -0.25) is 4.79 Å². The predicted molar refractivity (Wildman–Crippen MR) is 133 cm³/mol. The van der Waals surface area contributed by atoms with Crippen molar-refractivity contribution in [3.63, 3.8) is 0 Å². The number of nitrogens with two attached hydrogens (primary N) is 2. The second-order valence-corrected chi connectivity index (χ2v) is 9.94. The zero-order valence-corrected chi connectivity index (χ0v) is 19.5. The molecule has 10 nitrogen and oxygen atoms in total. The first-order chi connectivity index (χ1) is 16.8. The Morgan fingerprint density at radius 3 is 2.57 bits per heavy atom. The van der Waals surface area contributed by atoms with Gasteiger partial charge < -0.3 is 16.2 Å². The van der Waals surface area contributed by atoms with Crippen molar-refractivity contribution >= 4 is 32.7 Å². The van der Waals surface area contributed by atoms with E-state index in [1.165, 1.54) is 16.8 Å². The fourth-order valence-electron chi connectivity index (χ4n) is 4.11. The van der Waals surface area contributed by atoms with Crippen LogP contribution in [0.25, 0.3) is 27.7 Å². The number of anilines is 2. The molecule has 1 saturated heterocycles. The van der Waals surface area contributed by atoms with E-state index in [4.69, 9.17) is 16.2 Å². The Morgan fingerprint density at radius 2 is 1.83 bits per heavy atom. The number of hydrogen-bond acceptors (Lipinski definition) is 8. The standard InChI is InChI=1S/C24H24N6O4S/c25-22-20(35(32,33)29-21-8-4-5-11-34-21)13-16(14-27-22)15-9-10-19-18(12-15)23(31)30(24(26)28-19)17-6-2-1-3-7-17/h1-3,6-7,9-10,12-14,21,29H,4-5,8,11H2,(H2,25,27)(H2,26,28). The van der Waals surface area contributed by atoms with Crippen LogP contribution in [0.1, 0.15) is 19.3 Å². The molecule has 5 rings (SSSR count). The number of aromatic nitrogens is 3. The van der Waals surface area contributed by atoms with E-state index in [1.54, 1.807) is 42.5 Å². The van der Waals surface area contributed by atoms with Crippen molar-refractivity contribution in [3.05, 3.63) is 71.1 Å². The molecule has 3 heterocycles. The molecule has 0 aliphatic carbocycles. The Hall–Kier alpha value is -3.80. The lowest BCUT2D eigenvalue weighted by atomic mass is 10.1. The summed E-state index contributed by atoms with van der Waals surface area (Å²) in [5.74, 6) is -0.0568. The number of nitrogens with one attached hydrogen (secondary N) is 1. The number of hydrogen-bond donors (Lipinski definition) is 3. The lowest BCUT2D eigenvalue weighted by molar-refractivity contribution is 0.00955. The van der Waals surface area contributed by atoms with Gasteiger partial charge in [0.25, 0.3) is 5.56 Å². The topological polar surface area (TPSA) is 155 Å². The van der Waals surface area contributed by atoms with Crippen LogP contribution in [-0.2, 0) is 14.8 Å². The van der Waals surface area contributed by atoms with Crippen LogP contribution in [0.4, 0.5) is 11.8 Å². The summed E-state index contributed by atoms with van der Waals surface area (Å²) in [6.07, 6.45) is 3.21. The minimum Gasteiger partial charge on any atom is -0.383 e. The summed E-state index contributed by atoms with van der Waals surface area (Å²) in [6.45, 7) is 0.497. The maximum atomic E-state index is 13.3. The van der Waals surface area contributed by atoms with Crippen LogP contribution in [0.2, 0.25) is 0 Å². The molecule has 0 bridgehead atoms. The molecular weight excluding hydrogens is 468 g/mol. The number of rotatable bonds is 5. The maximum absolute atomic E-state index is 13.3. The minimum atomic E-state index is -3.98. The number of nitrogen functional groups attached to an aromatic ring is 2. The third-order valence-corrected chi connectivity index (χ3v) is 7.36. The molecule has 2 aromatic carbocycles. The SMILES string of the molecule is Nc1ncc(-c2ccc3nc(N)n(-c4ccccc4)c(=O)c3c2)cc1S(=O)(=O)NC1CCCCO1. The van der Waals surface area contributed by atoms with Gasteiger partial charge in [-0.05, 0) is 55.2 Å². The smallest absolute Gasteiger partial charge is 0.267 e. The van der Waals surface area contributed by atoms with E-state index in [-0.39, 0.29) is 22.2 Å². The van der Waals surface area contributed by atoms with Crippen LogP contribution >= 0.6 is 0 Å². The number of para-hydroxylation sites is 1. The average molecular weight is 493 g/mol. The van der Waals surface area contributed by atoms with Gasteiger partial charge in [-0.25, -0.2) is 23.0 Å². The number of nitrogens with zero attached hydrogens (tertiary/aromatic N) is 3. The van der Waals surface area contributed by atoms with Crippen LogP contribution in [-0.4, -0.2) is 35.8 Å². The highest BCUT2D eigenvalue weighted by Crippen LogP contribution is 2.28. The van der Waals surface area contributed by atoms with Gasteiger partial charge in [-0.2, -0.15) is 4.72 Å². The first-order valence-corrected chi connectivity index (χ1v) is 12.6. The summed E-state index contributed by atoms with van der Waals surface area (Å²) in [5.41, 5.74) is 13.7. The summed E-state index contributed by atoms with van der Waals surface area (Å²) in [4.78, 5) is 21.6. The second-order valence-electron chi connectivity index (χ2n) is 8.26. The Bertz CT molecular complexity index is 1560. The van der Waals surface area contributed by atoms with E-state index < -0.39 is 16.3 Å². The van der Waals surface area contributed by atoms with E-state index in [0.29, 0.717) is 40.7 Å². The molecule has 11 heteroatoms. The highest BCUT2D eigenvalue weighted by Gasteiger charge is 2.25. The third kappa shape index (κ3) is 4.48. The van der Waals surface area contributed by atoms with E-state index in [2.05, 4.69) is 14.7 Å². The molecule has 0 spiro atoms. The Morgan fingerprint density at radius 1 is 1.03 bits per heavy atom. The van der Waals surface area contributed by atoms with E-state index >= 15 is 0 Å². The van der Waals surface area contributed by atoms with Crippen molar-refractivity contribution in [1.82, 2.24) is 19.3 Å². The number of fused-ring (bicyclic) bond motifs is 1. The van der Waals surface area contributed by atoms with Gasteiger partial charge in [-0.1, -0.05) is 24.3 Å². The summed E-state index contributed by atoms with van der Waals surface area (Å²) < 4.78 is 35.4. The molecule has 5 N–H and O–H groups in total. The zero-order chi connectivity index (χ0) is 24.6. The Labute approximate surface area is 201 Å². The zero-order valence-electron chi connectivity index (χ0n) is 18.7. The van der Waals surface area contributed by atoms with Gasteiger partial charge >= 0.3 is 0 Å². The fraction of sp³-hybridized carbons (Fsp3) is 0.208. The normalized spacial score (nSPS) is 16.4. The largest absolute Gasteiger partial charge is 0.383 e. The van der Waals surface area contributed by atoms with Crippen LogP contribution < -0.4 is 21.7 Å². The maximum Gasteiger partial charge on any atom is 0.267 e. The van der Waals surface area contributed by atoms with Gasteiger partial charge in [0, 0.05) is 18.4 Å². The molecule has 0 saturated carbocycles. The predicted octanol–water partition coefficient (Wildman–Crippen LogP) is 2.42. The molecule has 1 atom stereocenters. The van der Waals surface area contributed by atoms with Crippen LogP contribution in [0.5, 0.6) is 0 Å². The van der Waals surface area contributed by atoms with E-state index in [9.17, 15) is 13.2 Å². The van der Waals surface area contributed by atoms with E-state index in [0.717, 1.165) is 12.8 Å². The average Bonchev–Trinajstić information content (AvgIpc) is 2.85. The highest BCUT2D eigenvalue weighted by atomic mass is 32.2. The molecule has 1 aliphatic heterocycles. The molecule has 2 aromatic heterocycles. The fourth-order valence-corrected chi connectivity index (χ4v) is 5.38. The number of ether oxygens (including phenoxy) is 1. The minimum absolute atomic E-state index is 0.0694. The second kappa shape index (κ2) is 9.10. The molecule has 1 fully saturated rings. The van der Waals surface area contributed by atoms with Crippen molar-refractivity contribution in [2.24, 2.45) is 0 Å². The van der Waals surface area contributed by atoms with Gasteiger partial charge in [-0.15, -0.1) is 0 Å². The molecule has 0 amide bonds. The van der Waals surface area contributed by atoms with Crippen molar-refractivity contribution < 1.29 is 13.2 Å². The number of pyridine rings is 1. The summed E-state index contributed by atoms with van der Waals surface area (Å²) in [5, 5.41) is 0.329. The summed E-state index contributed by atoms with van der Waals surface area (Å²) >= 11 is 0. The van der Waals surface area contributed by atoms with Crippen LogP contribution in [0.15, 0.2) is 70.5 Å². The van der Waals surface area contributed by atoms with Gasteiger partial charge in [0.2, 0.25) is 16.0 Å². The Balaban J connectivity index is 1.57. The molecule has 0 radical (unpaired) electrons. The van der Waals surface area contributed by atoms with Gasteiger partial charge in [0.1, 0.15) is 16.9 Å². The molecular formula is C24H24N6O4S. The van der Waals surface area contributed by atoms with Gasteiger partial charge in [0.05, 0.1) is 16.6 Å². The molecule has 180 valence electrons. The third-order valence-electron chi connectivity index (χ3n) is 5.88. The lowest BCUT2D eigenvalue weighted by Gasteiger charge is -2.23. The molecule has 4 aromatic rings. The van der Waals surface area contributed by atoms with E-state index in [1.807, 2.05) is 6.07 Å². The van der Waals surface area contributed by atoms with Crippen molar-refractivity contribution in [2.75, 3.05) is 18.1 Å². The number of benzene rings is 2. The summed E-state index contributed by atoms with van der Waals surface area (Å²) in [7, 11) is -3.98. The van der Waals surface area contributed by atoms with Crippen molar-refractivity contribution in [3.8, 4) is 16.8 Å². The monoisotopic (exact) mass is 492 g/mol. The quantitative estimate of drug-likeness (QED) is 0.384. The first kappa shape index (κ1) is 23.0. The number of sulfonamides is 1. The first-order valence-electron chi connectivity index (χ1n) is 11.1.